The third-order valence-electron chi connectivity index (χ3n) is 5.56. The van der Waals surface area contributed by atoms with E-state index >= 15 is 0 Å². The van der Waals surface area contributed by atoms with Crippen molar-refractivity contribution in [1.82, 2.24) is 20.0 Å². The summed E-state index contributed by atoms with van der Waals surface area (Å²) in [6.07, 6.45) is 6.43. The first-order valence-electron chi connectivity index (χ1n) is 9.79. The number of hydrogen-bond donors (Lipinski definition) is 2. The molecule has 0 radical (unpaired) electrons. The van der Waals surface area contributed by atoms with Gasteiger partial charge in [0.05, 0.1) is 18.4 Å². The van der Waals surface area contributed by atoms with Crippen LogP contribution in [0.25, 0.3) is 0 Å². The van der Waals surface area contributed by atoms with Crippen LogP contribution in [0.2, 0.25) is 0 Å². The molecule has 0 aromatic carbocycles. The zero-order valence-electron chi connectivity index (χ0n) is 15.9. The molecule has 4 atom stereocenters. The number of hydrogen-bond acceptors (Lipinski definition) is 5. The number of aromatic amines is 1. The first-order valence-corrected chi connectivity index (χ1v) is 9.79. The van der Waals surface area contributed by atoms with Gasteiger partial charge >= 0.3 is 0 Å². The van der Waals surface area contributed by atoms with Crippen molar-refractivity contribution in [3.05, 3.63) is 18.0 Å². The van der Waals surface area contributed by atoms with Crippen LogP contribution in [0.3, 0.4) is 0 Å². The second kappa shape index (κ2) is 8.97. The summed E-state index contributed by atoms with van der Waals surface area (Å²) in [5, 5.41) is 16.5. The van der Waals surface area contributed by atoms with Crippen LogP contribution in [0.15, 0.2) is 12.4 Å². The Balaban J connectivity index is 1.47. The van der Waals surface area contributed by atoms with E-state index < -0.39 is 0 Å². The van der Waals surface area contributed by atoms with Crippen molar-refractivity contribution in [3.8, 4) is 0 Å². The maximum absolute atomic E-state index is 12.6. The van der Waals surface area contributed by atoms with E-state index in [2.05, 4.69) is 28.9 Å². The highest BCUT2D eigenvalue weighted by Crippen LogP contribution is 2.26. The number of carbonyl (C=O) groups excluding carboxylic acids is 1. The van der Waals surface area contributed by atoms with Gasteiger partial charge in [0, 0.05) is 57.9 Å². The number of likely N-dealkylation sites (tertiary alicyclic amines) is 1. The van der Waals surface area contributed by atoms with Crippen LogP contribution < -0.4 is 0 Å². The summed E-state index contributed by atoms with van der Waals surface area (Å²) in [6.45, 7) is 8.60. The van der Waals surface area contributed by atoms with Crippen LogP contribution in [-0.4, -0.2) is 82.5 Å². The summed E-state index contributed by atoms with van der Waals surface area (Å²) in [6, 6.07) is 0. The topological polar surface area (TPSA) is 81.7 Å². The van der Waals surface area contributed by atoms with Gasteiger partial charge in [0.1, 0.15) is 0 Å². The molecular formula is C19H32N4O3. The van der Waals surface area contributed by atoms with Gasteiger partial charge in [0.15, 0.2) is 0 Å². The molecule has 1 aromatic heterocycles. The molecule has 2 aliphatic heterocycles. The Morgan fingerprint density at radius 3 is 2.65 bits per heavy atom. The van der Waals surface area contributed by atoms with Crippen molar-refractivity contribution in [2.24, 2.45) is 11.8 Å². The number of H-pyrrole nitrogens is 1. The van der Waals surface area contributed by atoms with E-state index in [9.17, 15) is 9.90 Å². The lowest BCUT2D eigenvalue weighted by molar-refractivity contribution is -0.130. The SMILES string of the molecule is C[C@@H]1CN(C[C@@H]2CN(C(=O)CCCc3cn[nH]c3)C[C@@H]2CO)C[C@H](C)O1. The average Bonchev–Trinajstić information content (AvgIpc) is 3.23. The maximum Gasteiger partial charge on any atom is 0.222 e. The van der Waals surface area contributed by atoms with Gasteiger partial charge in [-0.2, -0.15) is 5.10 Å². The van der Waals surface area contributed by atoms with E-state index in [0.29, 0.717) is 18.9 Å². The van der Waals surface area contributed by atoms with E-state index in [1.165, 1.54) is 0 Å². The van der Waals surface area contributed by atoms with Gasteiger partial charge in [0.2, 0.25) is 5.91 Å². The number of amides is 1. The number of aromatic nitrogens is 2. The molecule has 7 heteroatoms. The van der Waals surface area contributed by atoms with Crippen molar-refractivity contribution in [2.45, 2.75) is 45.3 Å². The lowest BCUT2D eigenvalue weighted by atomic mass is 9.96. The van der Waals surface area contributed by atoms with E-state index in [1.54, 1.807) is 0 Å². The van der Waals surface area contributed by atoms with Crippen molar-refractivity contribution in [3.63, 3.8) is 0 Å². The minimum Gasteiger partial charge on any atom is -0.396 e. The highest BCUT2D eigenvalue weighted by molar-refractivity contribution is 5.76. The van der Waals surface area contributed by atoms with Crippen molar-refractivity contribution >= 4 is 5.91 Å². The Hall–Kier alpha value is -1.44. The summed E-state index contributed by atoms with van der Waals surface area (Å²) in [7, 11) is 0. The molecule has 1 amide bonds. The molecule has 7 nitrogen and oxygen atoms in total. The molecule has 1 aromatic rings. The van der Waals surface area contributed by atoms with E-state index in [4.69, 9.17) is 4.74 Å². The molecule has 2 fully saturated rings. The molecule has 0 unspecified atom stereocenters. The zero-order valence-corrected chi connectivity index (χ0v) is 15.9. The van der Waals surface area contributed by atoms with Crippen LogP contribution in [-0.2, 0) is 16.0 Å². The number of aliphatic hydroxyl groups is 1. The third-order valence-corrected chi connectivity index (χ3v) is 5.56. The molecule has 0 saturated carbocycles. The first kappa shape index (κ1) is 19.3. The van der Waals surface area contributed by atoms with Crippen LogP contribution in [0.1, 0.15) is 32.3 Å². The number of carbonyl (C=O) groups is 1. The number of rotatable bonds is 7. The van der Waals surface area contributed by atoms with Gasteiger partial charge in [0.25, 0.3) is 0 Å². The maximum atomic E-state index is 12.6. The lowest BCUT2D eigenvalue weighted by Gasteiger charge is -2.37. The third kappa shape index (κ3) is 5.05. The van der Waals surface area contributed by atoms with Crippen molar-refractivity contribution in [1.29, 1.82) is 0 Å². The predicted octanol–water partition coefficient (Wildman–Crippen LogP) is 0.909. The zero-order chi connectivity index (χ0) is 18.5. The standard InChI is InChI=1S/C19H32N4O3/c1-14-8-22(9-15(2)26-14)10-17-11-23(12-18(17)13-24)19(25)5-3-4-16-6-20-21-7-16/h6-7,14-15,17-18,24H,3-5,8-13H2,1-2H3,(H,20,21)/t14-,15+,17-,18-/m1/s1. The Labute approximate surface area is 155 Å². The summed E-state index contributed by atoms with van der Waals surface area (Å²) < 4.78 is 5.81. The molecule has 0 aliphatic carbocycles. The number of morpholine rings is 1. The summed E-state index contributed by atoms with van der Waals surface area (Å²) in [5.41, 5.74) is 1.14. The van der Waals surface area contributed by atoms with E-state index in [1.807, 2.05) is 17.3 Å². The van der Waals surface area contributed by atoms with Gasteiger partial charge in [-0.25, -0.2) is 0 Å². The normalized spacial score (nSPS) is 30.0. The fourth-order valence-electron chi connectivity index (χ4n) is 4.34. The molecule has 2 saturated heterocycles. The van der Waals surface area contributed by atoms with Gasteiger partial charge in [-0.3, -0.25) is 14.8 Å². The second-order valence-corrected chi connectivity index (χ2v) is 7.94. The van der Waals surface area contributed by atoms with Gasteiger partial charge < -0.3 is 14.7 Å². The predicted molar refractivity (Wildman–Crippen MR) is 98.6 cm³/mol. The molecular weight excluding hydrogens is 332 g/mol. The van der Waals surface area contributed by atoms with Crippen molar-refractivity contribution < 1.29 is 14.6 Å². The highest BCUT2D eigenvalue weighted by atomic mass is 16.5. The summed E-state index contributed by atoms with van der Waals surface area (Å²) in [5.74, 6) is 0.731. The smallest absolute Gasteiger partial charge is 0.222 e. The molecule has 2 aliphatic rings. The highest BCUT2D eigenvalue weighted by Gasteiger charge is 2.36. The minimum atomic E-state index is 0.152. The van der Waals surface area contributed by atoms with Crippen LogP contribution in [0, 0.1) is 11.8 Å². The molecule has 3 heterocycles. The lowest BCUT2D eigenvalue weighted by Crippen LogP contribution is -2.48. The number of aryl methyl sites for hydroxylation is 1. The molecule has 2 N–H and O–H groups in total. The molecule has 0 spiro atoms. The summed E-state index contributed by atoms with van der Waals surface area (Å²) in [4.78, 5) is 16.9. The number of nitrogens with zero attached hydrogens (tertiary/aromatic N) is 3. The Morgan fingerprint density at radius 1 is 1.27 bits per heavy atom. The quantitative estimate of drug-likeness (QED) is 0.752. The molecule has 0 bridgehead atoms. The van der Waals surface area contributed by atoms with E-state index in [-0.39, 0.29) is 30.6 Å². The van der Waals surface area contributed by atoms with Gasteiger partial charge in [-0.1, -0.05) is 0 Å². The average molecular weight is 364 g/mol. The van der Waals surface area contributed by atoms with Crippen molar-refractivity contribution in [2.75, 3.05) is 39.3 Å². The van der Waals surface area contributed by atoms with Crippen LogP contribution in [0.5, 0.6) is 0 Å². The molecule has 146 valence electrons. The van der Waals surface area contributed by atoms with Gasteiger partial charge in [-0.15, -0.1) is 0 Å². The Morgan fingerprint density at radius 2 is 2.00 bits per heavy atom. The van der Waals surface area contributed by atoms with E-state index in [0.717, 1.165) is 44.6 Å². The Bertz CT molecular complexity index is 555. The fourth-order valence-corrected chi connectivity index (χ4v) is 4.34. The minimum absolute atomic E-state index is 0.152. The Kier molecular flexibility index (Phi) is 6.67. The number of aliphatic hydroxyl groups excluding tert-OH is 1. The monoisotopic (exact) mass is 364 g/mol. The largest absolute Gasteiger partial charge is 0.396 e. The fraction of sp³-hybridized carbons (Fsp3) is 0.789. The molecule has 3 rings (SSSR count). The molecule has 26 heavy (non-hydrogen) atoms. The number of ether oxygens (including phenoxy) is 1. The van der Waals surface area contributed by atoms with Crippen LogP contribution >= 0.6 is 0 Å². The summed E-state index contributed by atoms with van der Waals surface area (Å²) >= 11 is 0. The second-order valence-electron chi connectivity index (χ2n) is 7.94. The van der Waals surface area contributed by atoms with Gasteiger partial charge in [-0.05, 0) is 38.2 Å². The van der Waals surface area contributed by atoms with Crippen LogP contribution in [0.4, 0.5) is 0 Å². The first-order chi connectivity index (χ1) is 12.5. The number of nitrogens with one attached hydrogen (secondary N) is 1.